The molecule has 0 saturated carbocycles. The number of nitrogens with one attached hydrogen (secondary N) is 1. The number of hydrogen-bond acceptors (Lipinski definition) is 5. The number of pyridine rings is 1. The SMILES string of the molecule is CCOc1ccc2c(n1)N(c1ccc(OC)cc1)C(=O)N(c1ccc(NC)cc1)C2. The molecule has 30 heavy (non-hydrogen) atoms. The number of fused-ring (bicyclic) bond motifs is 1. The van der Waals surface area contributed by atoms with E-state index in [1.807, 2.05) is 74.6 Å². The molecule has 1 aliphatic rings. The van der Waals surface area contributed by atoms with Crippen LogP contribution in [0.2, 0.25) is 0 Å². The topological polar surface area (TPSA) is 66.9 Å². The van der Waals surface area contributed by atoms with Gasteiger partial charge in [0.25, 0.3) is 0 Å². The Kier molecular flexibility index (Phi) is 5.43. The second-order valence-electron chi connectivity index (χ2n) is 6.76. The Hall–Kier alpha value is -3.74. The van der Waals surface area contributed by atoms with Crippen LogP contribution in [0.5, 0.6) is 11.6 Å². The second-order valence-corrected chi connectivity index (χ2v) is 6.76. The minimum absolute atomic E-state index is 0.175. The Bertz CT molecular complexity index is 1040. The van der Waals surface area contributed by atoms with Gasteiger partial charge in [-0.2, -0.15) is 4.98 Å². The van der Waals surface area contributed by atoms with Crippen molar-refractivity contribution in [2.75, 3.05) is 35.9 Å². The maximum atomic E-state index is 13.6. The Balaban J connectivity index is 1.79. The number of rotatable bonds is 6. The van der Waals surface area contributed by atoms with E-state index in [1.54, 1.807) is 16.9 Å². The number of nitrogens with zero attached hydrogens (tertiary/aromatic N) is 3. The van der Waals surface area contributed by atoms with Crippen LogP contribution in [0.15, 0.2) is 60.7 Å². The van der Waals surface area contributed by atoms with Crippen molar-refractivity contribution in [3.05, 3.63) is 66.2 Å². The first kappa shape index (κ1) is 19.6. The molecule has 2 heterocycles. The van der Waals surface area contributed by atoms with Crippen molar-refractivity contribution in [2.45, 2.75) is 13.5 Å². The zero-order valence-corrected chi connectivity index (χ0v) is 17.3. The summed E-state index contributed by atoms with van der Waals surface area (Å²) in [6.07, 6.45) is 0. The van der Waals surface area contributed by atoms with Gasteiger partial charge in [0.1, 0.15) is 11.6 Å². The van der Waals surface area contributed by atoms with E-state index < -0.39 is 0 Å². The van der Waals surface area contributed by atoms with Gasteiger partial charge < -0.3 is 14.8 Å². The standard InChI is InChI=1S/C23H24N4O3/c1-4-30-21-14-5-16-15-26(18-8-6-17(24-2)7-9-18)23(28)27(22(16)25-21)19-10-12-20(29-3)13-11-19/h5-14,24H,4,15H2,1-3H3. The van der Waals surface area contributed by atoms with Crippen LogP contribution < -0.4 is 24.6 Å². The molecule has 0 spiro atoms. The summed E-state index contributed by atoms with van der Waals surface area (Å²) in [7, 11) is 3.48. The van der Waals surface area contributed by atoms with Crippen LogP contribution >= 0.6 is 0 Å². The second kappa shape index (κ2) is 8.32. The van der Waals surface area contributed by atoms with Gasteiger partial charge >= 0.3 is 6.03 Å². The van der Waals surface area contributed by atoms with Gasteiger partial charge in [0, 0.05) is 30.1 Å². The van der Waals surface area contributed by atoms with Crippen LogP contribution in [-0.4, -0.2) is 31.8 Å². The maximum absolute atomic E-state index is 13.6. The van der Waals surface area contributed by atoms with Crippen LogP contribution in [0, 0.1) is 0 Å². The lowest BCUT2D eigenvalue weighted by molar-refractivity contribution is 0.252. The van der Waals surface area contributed by atoms with E-state index in [9.17, 15) is 4.79 Å². The fraction of sp³-hybridized carbons (Fsp3) is 0.217. The smallest absolute Gasteiger partial charge is 0.335 e. The van der Waals surface area contributed by atoms with Crippen LogP contribution in [-0.2, 0) is 6.54 Å². The zero-order valence-electron chi connectivity index (χ0n) is 17.3. The number of carbonyl (C=O) groups is 1. The van der Waals surface area contributed by atoms with Crippen LogP contribution in [0.1, 0.15) is 12.5 Å². The lowest BCUT2D eigenvalue weighted by Gasteiger charge is -2.36. The third-order valence-corrected chi connectivity index (χ3v) is 4.98. The van der Waals surface area contributed by atoms with E-state index in [0.29, 0.717) is 30.5 Å². The molecule has 1 aromatic heterocycles. The molecular formula is C23H24N4O3. The summed E-state index contributed by atoms with van der Waals surface area (Å²) >= 11 is 0. The Labute approximate surface area is 175 Å². The average Bonchev–Trinajstić information content (AvgIpc) is 2.79. The van der Waals surface area contributed by atoms with Crippen molar-refractivity contribution in [1.82, 2.24) is 4.98 Å². The van der Waals surface area contributed by atoms with Crippen molar-refractivity contribution in [1.29, 1.82) is 0 Å². The quantitative estimate of drug-likeness (QED) is 0.639. The highest BCUT2D eigenvalue weighted by atomic mass is 16.5. The predicted molar refractivity (Wildman–Crippen MR) is 118 cm³/mol. The number of ether oxygens (including phenoxy) is 2. The minimum atomic E-state index is -0.175. The summed E-state index contributed by atoms with van der Waals surface area (Å²) in [5.41, 5.74) is 3.45. The number of carbonyl (C=O) groups excluding carboxylic acids is 1. The van der Waals surface area contributed by atoms with Crippen LogP contribution in [0.25, 0.3) is 0 Å². The van der Waals surface area contributed by atoms with Gasteiger partial charge in [-0.3, -0.25) is 4.90 Å². The largest absolute Gasteiger partial charge is 0.497 e. The van der Waals surface area contributed by atoms with Gasteiger partial charge in [-0.1, -0.05) is 0 Å². The van der Waals surface area contributed by atoms with Crippen molar-refractivity contribution in [2.24, 2.45) is 0 Å². The monoisotopic (exact) mass is 404 g/mol. The first-order chi connectivity index (χ1) is 14.6. The molecule has 0 radical (unpaired) electrons. The van der Waals surface area contributed by atoms with Gasteiger partial charge in [0.15, 0.2) is 0 Å². The van der Waals surface area contributed by atoms with E-state index in [2.05, 4.69) is 10.3 Å². The Morgan fingerprint density at radius 3 is 2.33 bits per heavy atom. The van der Waals surface area contributed by atoms with Crippen molar-refractivity contribution in [3.63, 3.8) is 0 Å². The highest BCUT2D eigenvalue weighted by Gasteiger charge is 2.34. The highest BCUT2D eigenvalue weighted by Crippen LogP contribution is 2.37. The van der Waals surface area contributed by atoms with Crippen molar-refractivity contribution >= 4 is 28.9 Å². The summed E-state index contributed by atoms with van der Waals surface area (Å²) in [5, 5.41) is 3.10. The number of methoxy groups -OCH3 is 1. The molecule has 0 saturated heterocycles. The molecule has 7 nitrogen and oxygen atoms in total. The number of hydrogen-bond donors (Lipinski definition) is 1. The van der Waals surface area contributed by atoms with Gasteiger partial charge in [-0.25, -0.2) is 9.69 Å². The summed E-state index contributed by atoms with van der Waals surface area (Å²) in [4.78, 5) is 21.6. The third-order valence-electron chi connectivity index (χ3n) is 4.98. The zero-order chi connectivity index (χ0) is 21.1. The van der Waals surface area contributed by atoms with Crippen LogP contribution in [0.3, 0.4) is 0 Å². The Morgan fingerprint density at radius 1 is 1.00 bits per heavy atom. The van der Waals surface area contributed by atoms with E-state index in [1.165, 1.54) is 0 Å². The average molecular weight is 404 g/mol. The molecule has 4 rings (SSSR count). The lowest BCUT2D eigenvalue weighted by atomic mass is 10.1. The van der Waals surface area contributed by atoms with Gasteiger partial charge in [-0.05, 0) is 61.5 Å². The lowest BCUT2D eigenvalue weighted by Crippen LogP contribution is -2.45. The molecule has 2 amide bonds. The van der Waals surface area contributed by atoms with Crippen LogP contribution in [0.4, 0.5) is 27.7 Å². The molecule has 0 atom stereocenters. The summed E-state index contributed by atoms with van der Waals surface area (Å²) in [6, 6.07) is 18.8. The van der Waals surface area contributed by atoms with E-state index in [0.717, 1.165) is 22.7 Å². The van der Waals surface area contributed by atoms with Gasteiger partial charge in [-0.15, -0.1) is 0 Å². The van der Waals surface area contributed by atoms with E-state index >= 15 is 0 Å². The number of anilines is 4. The first-order valence-electron chi connectivity index (χ1n) is 9.80. The number of urea groups is 1. The number of aromatic nitrogens is 1. The van der Waals surface area contributed by atoms with Crippen molar-refractivity contribution < 1.29 is 14.3 Å². The minimum Gasteiger partial charge on any atom is -0.497 e. The molecule has 1 aliphatic heterocycles. The van der Waals surface area contributed by atoms with E-state index in [4.69, 9.17) is 9.47 Å². The number of benzene rings is 2. The molecule has 0 fully saturated rings. The number of amides is 2. The first-order valence-corrected chi connectivity index (χ1v) is 9.80. The van der Waals surface area contributed by atoms with E-state index in [-0.39, 0.29) is 6.03 Å². The van der Waals surface area contributed by atoms with Gasteiger partial charge in [0.2, 0.25) is 5.88 Å². The molecule has 3 aromatic rings. The summed E-state index contributed by atoms with van der Waals surface area (Å²) in [5.74, 6) is 1.80. The Morgan fingerprint density at radius 2 is 1.70 bits per heavy atom. The summed E-state index contributed by atoms with van der Waals surface area (Å²) in [6.45, 7) is 2.84. The molecule has 7 heteroatoms. The molecule has 0 unspecified atom stereocenters. The molecular weight excluding hydrogens is 380 g/mol. The fourth-order valence-corrected chi connectivity index (χ4v) is 3.43. The fourth-order valence-electron chi connectivity index (χ4n) is 3.43. The summed E-state index contributed by atoms with van der Waals surface area (Å²) < 4.78 is 10.8. The molecule has 2 aromatic carbocycles. The third kappa shape index (κ3) is 3.61. The van der Waals surface area contributed by atoms with Gasteiger partial charge in [0.05, 0.1) is 25.9 Å². The molecule has 0 bridgehead atoms. The van der Waals surface area contributed by atoms with Crippen molar-refractivity contribution in [3.8, 4) is 11.6 Å². The molecule has 154 valence electrons. The molecule has 1 N–H and O–H groups in total. The molecule has 0 aliphatic carbocycles. The predicted octanol–water partition coefficient (Wildman–Crippen LogP) is 4.81. The highest BCUT2D eigenvalue weighted by molar-refractivity contribution is 6.10. The maximum Gasteiger partial charge on any atom is 0.335 e. The normalized spacial score (nSPS) is 13.1.